The molecule has 0 N–H and O–H groups in total. The molecule has 0 amide bonds. The van der Waals surface area contributed by atoms with Crippen LogP contribution in [-0.2, 0) is 0 Å². The predicted octanol–water partition coefficient (Wildman–Crippen LogP) is 4.40. The zero-order valence-corrected chi connectivity index (χ0v) is 12.0. The molecule has 0 fully saturated rings. The minimum Gasteiger partial charge on any atom is -0.494 e. The van der Waals surface area contributed by atoms with Crippen molar-refractivity contribution in [1.82, 2.24) is 0 Å². The summed E-state index contributed by atoms with van der Waals surface area (Å²) in [6, 6.07) is 12.9. The maximum absolute atomic E-state index is 13.0. The lowest BCUT2D eigenvalue weighted by Gasteiger charge is -2.06. The summed E-state index contributed by atoms with van der Waals surface area (Å²) in [6.07, 6.45) is 0.764. The van der Waals surface area contributed by atoms with Crippen LogP contribution in [0.5, 0.6) is 5.75 Å². The molecule has 0 bridgehead atoms. The molecule has 0 saturated carbocycles. The molecule has 0 unspecified atom stereocenters. The molecular formula is C16H13F2NOS. The molecule has 2 nitrogen and oxygen atoms in total. The molecule has 2 aromatic carbocycles. The summed E-state index contributed by atoms with van der Waals surface area (Å²) < 4.78 is 31.3. The lowest BCUT2D eigenvalue weighted by molar-refractivity contribution is 0.318. The van der Waals surface area contributed by atoms with Gasteiger partial charge in [0, 0.05) is 10.6 Å². The van der Waals surface area contributed by atoms with Gasteiger partial charge in [0.1, 0.15) is 5.75 Å². The van der Waals surface area contributed by atoms with Crippen LogP contribution in [-0.4, -0.2) is 12.4 Å². The molecule has 2 rings (SSSR count). The van der Waals surface area contributed by atoms with Crippen LogP contribution in [0.15, 0.2) is 47.4 Å². The highest BCUT2D eigenvalue weighted by molar-refractivity contribution is 7.99. The molecule has 0 saturated heterocycles. The van der Waals surface area contributed by atoms with Crippen LogP contribution < -0.4 is 4.74 Å². The maximum atomic E-state index is 13.0. The van der Waals surface area contributed by atoms with Crippen molar-refractivity contribution in [2.45, 2.75) is 11.3 Å². The van der Waals surface area contributed by atoms with E-state index in [1.807, 2.05) is 0 Å². The number of nitrogens with zero attached hydrogens (tertiary/aromatic N) is 1. The maximum Gasteiger partial charge on any atom is 0.159 e. The Labute approximate surface area is 126 Å². The van der Waals surface area contributed by atoms with Crippen molar-refractivity contribution in [1.29, 1.82) is 5.26 Å². The second kappa shape index (κ2) is 7.65. The first-order chi connectivity index (χ1) is 10.2. The van der Waals surface area contributed by atoms with Crippen LogP contribution in [0.2, 0.25) is 0 Å². The average molecular weight is 305 g/mol. The largest absolute Gasteiger partial charge is 0.494 e. The molecule has 0 radical (unpaired) electrons. The number of hydrogen-bond donors (Lipinski definition) is 0. The number of thioether (sulfide) groups is 1. The van der Waals surface area contributed by atoms with Crippen molar-refractivity contribution < 1.29 is 13.5 Å². The van der Waals surface area contributed by atoms with Gasteiger partial charge in [-0.15, -0.1) is 11.8 Å². The van der Waals surface area contributed by atoms with E-state index >= 15 is 0 Å². The molecule has 0 aliphatic carbocycles. The standard InChI is InChI=1S/C16H13F2NOS/c17-15-6-5-14(10-16(15)18)21-8-2-7-20-13-4-1-3-12(9-13)11-19/h1,3-6,9-10H,2,7-8H2. The molecule has 5 heteroatoms. The van der Waals surface area contributed by atoms with Gasteiger partial charge in [0.25, 0.3) is 0 Å². The minimum absolute atomic E-state index is 0.506. The second-order valence-electron chi connectivity index (χ2n) is 4.27. The van der Waals surface area contributed by atoms with Gasteiger partial charge in [0.2, 0.25) is 0 Å². The highest BCUT2D eigenvalue weighted by atomic mass is 32.2. The zero-order valence-electron chi connectivity index (χ0n) is 11.2. The third kappa shape index (κ3) is 4.76. The third-order valence-corrected chi connectivity index (χ3v) is 3.76. The number of halogens is 2. The zero-order chi connectivity index (χ0) is 15.1. The van der Waals surface area contributed by atoms with E-state index < -0.39 is 11.6 Å². The van der Waals surface area contributed by atoms with Crippen LogP contribution in [0.25, 0.3) is 0 Å². The first kappa shape index (κ1) is 15.3. The average Bonchev–Trinajstić information content (AvgIpc) is 2.50. The van der Waals surface area contributed by atoms with E-state index in [0.717, 1.165) is 18.2 Å². The van der Waals surface area contributed by atoms with E-state index in [-0.39, 0.29) is 0 Å². The predicted molar refractivity (Wildman–Crippen MR) is 78.4 cm³/mol. The van der Waals surface area contributed by atoms with Crippen LogP contribution in [0.3, 0.4) is 0 Å². The van der Waals surface area contributed by atoms with Crippen molar-refractivity contribution in [2.75, 3.05) is 12.4 Å². The third-order valence-electron chi connectivity index (χ3n) is 2.68. The summed E-state index contributed by atoms with van der Waals surface area (Å²) in [4.78, 5) is 0.695. The number of hydrogen-bond acceptors (Lipinski definition) is 3. The molecule has 0 spiro atoms. The van der Waals surface area contributed by atoms with Gasteiger partial charge in [-0.25, -0.2) is 8.78 Å². The summed E-state index contributed by atoms with van der Waals surface area (Å²) in [7, 11) is 0. The number of nitriles is 1. The summed E-state index contributed by atoms with van der Waals surface area (Å²) in [5.74, 6) is -0.264. The first-order valence-corrected chi connectivity index (χ1v) is 7.38. The second-order valence-corrected chi connectivity index (χ2v) is 5.43. The van der Waals surface area contributed by atoms with Gasteiger partial charge >= 0.3 is 0 Å². The molecule has 2 aromatic rings. The van der Waals surface area contributed by atoms with Gasteiger partial charge < -0.3 is 4.74 Å². The fourth-order valence-corrected chi connectivity index (χ4v) is 2.51. The van der Waals surface area contributed by atoms with Gasteiger partial charge in [-0.05, 0) is 42.8 Å². The SMILES string of the molecule is N#Cc1cccc(OCCCSc2ccc(F)c(F)c2)c1. The van der Waals surface area contributed by atoms with E-state index in [4.69, 9.17) is 10.00 Å². The first-order valence-electron chi connectivity index (χ1n) is 6.40. The monoisotopic (exact) mass is 305 g/mol. The quantitative estimate of drug-likeness (QED) is 0.586. The summed E-state index contributed by atoms with van der Waals surface area (Å²) in [6.45, 7) is 0.506. The normalized spacial score (nSPS) is 10.1. The molecule has 0 heterocycles. The van der Waals surface area contributed by atoms with Gasteiger partial charge in [0.15, 0.2) is 11.6 Å². The van der Waals surface area contributed by atoms with Gasteiger partial charge in [-0.2, -0.15) is 5.26 Å². The van der Waals surface area contributed by atoms with Crippen molar-refractivity contribution in [3.8, 4) is 11.8 Å². The molecular weight excluding hydrogens is 292 g/mol. The van der Waals surface area contributed by atoms with E-state index in [1.54, 1.807) is 30.3 Å². The van der Waals surface area contributed by atoms with Crippen molar-refractivity contribution >= 4 is 11.8 Å². The van der Waals surface area contributed by atoms with Gasteiger partial charge in [0.05, 0.1) is 18.2 Å². The Kier molecular flexibility index (Phi) is 5.59. The summed E-state index contributed by atoms with van der Waals surface area (Å²) in [5, 5.41) is 8.77. The van der Waals surface area contributed by atoms with Crippen molar-refractivity contribution in [3.05, 3.63) is 59.7 Å². The number of ether oxygens (including phenoxy) is 1. The molecule has 0 aromatic heterocycles. The van der Waals surface area contributed by atoms with Crippen LogP contribution >= 0.6 is 11.8 Å². The molecule has 0 aliphatic heterocycles. The van der Waals surface area contributed by atoms with Crippen LogP contribution in [0.4, 0.5) is 8.78 Å². The van der Waals surface area contributed by atoms with E-state index in [9.17, 15) is 8.78 Å². The van der Waals surface area contributed by atoms with E-state index in [2.05, 4.69) is 6.07 Å². The Morgan fingerprint density at radius 2 is 1.95 bits per heavy atom. The Morgan fingerprint density at radius 3 is 2.71 bits per heavy atom. The Hall–Kier alpha value is -2.06. The van der Waals surface area contributed by atoms with Crippen molar-refractivity contribution in [2.24, 2.45) is 0 Å². The summed E-state index contributed by atoms with van der Waals surface area (Å²) >= 11 is 1.45. The van der Waals surface area contributed by atoms with Crippen molar-refractivity contribution in [3.63, 3.8) is 0 Å². The topological polar surface area (TPSA) is 33.0 Å². The fraction of sp³-hybridized carbons (Fsp3) is 0.188. The number of rotatable bonds is 6. The minimum atomic E-state index is -0.833. The molecule has 108 valence electrons. The van der Waals surface area contributed by atoms with Crippen LogP contribution in [0, 0.1) is 23.0 Å². The molecule has 21 heavy (non-hydrogen) atoms. The lowest BCUT2D eigenvalue weighted by atomic mass is 10.2. The lowest BCUT2D eigenvalue weighted by Crippen LogP contribution is -1.99. The van der Waals surface area contributed by atoms with Gasteiger partial charge in [-0.1, -0.05) is 6.07 Å². The molecule has 0 atom stereocenters. The fourth-order valence-electron chi connectivity index (χ4n) is 1.66. The number of benzene rings is 2. The molecule has 0 aliphatic rings. The Bertz CT molecular complexity index is 655. The smallest absolute Gasteiger partial charge is 0.159 e. The highest BCUT2D eigenvalue weighted by Crippen LogP contribution is 2.21. The Balaban J connectivity index is 1.72. The highest BCUT2D eigenvalue weighted by Gasteiger charge is 2.03. The summed E-state index contributed by atoms with van der Waals surface area (Å²) in [5.41, 5.74) is 0.559. The van der Waals surface area contributed by atoms with Crippen LogP contribution in [0.1, 0.15) is 12.0 Å². The van der Waals surface area contributed by atoms with E-state index in [0.29, 0.717) is 22.8 Å². The van der Waals surface area contributed by atoms with Gasteiger partial charge in [-0.3, -0.25) is 0 Å². The van der Waals surface area contributed by atoms with E-state index in [1.165, 1.54) is 17.8 Å². The Morgan fingerprint density at radius 1 is 1.10 bits per heavy atom.